The average Bonchev–Trinajstić information content (AvgIpc) is 3.37. The van der Waals surface area contributed by atoms with Gasteiger partial charge in [0, 0.05) is 28.8 Å². The number of methoxy groups -OCH3 is 1. The molecule has 0 aliphatic heterocycles. The maximum Gasteiger partial charge on any atom is 0.304 e. The van der Waals surface area contributed by atoms with Gasteiger partial charge in [0.25, 0.3) is 0 Å². The number of nitrogens with one attached hydrogen (secondary N) is 1. The molecule has 4 rings (SSSR count). The summed E-state index contributed by atoms with van der Waals surface area (Å²) in [6, 6.07) is 14.7. The number of aromatic nitrogens is 2. The van der Waals surface area contributed by atoms with Gasteiger partial charge in [-0.15, -0.1) is 11.3 Å². The van der Waals surface area contributed by atoms with E-state index >= 15 is 0 Å². The van der Waals surface area contributed by atoms with E-state index in [1.165, 1.54) is 24.6 Å². The van der Waals surface area contributed by atoms with E-state index < -0.39 is 29.4 Å². The van der Waals surface area contributed by atoms with Gasteiger partial charge in [-0.3, -0.25) is 9.59 Å². The largest absolute Gasteiger partial charge is 0.481 e. The van der Waals surface area contributed by atoms with Gasteiger partial charge in [-0.1, -0.05) is 30.3 Å². The molecule has 4 aromatic rings. The molecule has 1 amide bonds. The number of pyridine rings is 1. The quantitative estimate of drug-likeness (QED) is 0.300. The third-order valence-electron chi connectivity index (χ3n) is 5.68. The summed E-state index contributed by atoms with van der Waals surface area (Å²) in [5.41, 5.74) is 2.59. The Bertz CT molecular complexity index is 1390. The highest BCUT2D eigenvalue weighted by Gasteiger charge is 2.23. The van der Waals surface area contributed by atoms with Crippen molar-refractivity contribution in [3.05, 3.63) is 88.4 Å². The molecule has 7 nitrogen and oxygen atoms in total. The van der Waals surface area contributed by atoms with Gasteiger partial charge in [0.1, 0.15) is 5.01 Å². The van der Waals surface area contributed by atoms with Gasteiger partial charge in [0.05, 0.1) is 31.7 Å². The van der Waals surface area contributed by atoms with Crippen LogP contribution in [0.2, 0.25) is 0 Å². The second-order valence-electron chi connectivity index (χ2n) is 8.23. The molecule has 0 radical (unpaired) electrons. The second-order valence-corrected chi connectivity index (χ2v) is 9.17. The maximum atomic E-state index is 14.2. The minimum absolute atomic E-state index is 0.0670. The van der Waals surface area contributed by atoms with E-state index in [4.69, 9.17) is 4.74 Å². The second kappa shape index (κ2) is 11.7. The summed E-state index contributed by atoms with van der Waals surface area (Å²) in [4.78, 5) is 32.8. The van der Waals surface area contributed by atoms with Gasteiger partial charge in [0.2, 0.25) is 11.8 Å². The predicted molar refractivity (Wildman–Crippen MR) is 135 cm³/mol. The van der Waals surface area contributed by atoms with Gasteiger partial charge in [-0.2, -0.15) is 0 Å². The Morgan fingerprint density at radius 2 is 1.81 bits per heavy atom. The number of nitrogens with zero attached hydrogens (tertiary/aromatic N) is 2. The van der Waals surface area contributed by atoms with E-state index in [0.717, 1.165) is 17.7 Å². The summed E-state index contributed by atoms with van der Waals surface area (Å²) in [5.74, 6) is -3.85. The lowest BCUT2D eigenvalue weighted by Crippen LogP contribution is -2.33. The fraction of sp³-hybridized carbons (Fsp3) is 0.185. The highest BCUT2D eigenvalue weighted by molar-refractivity contribution is 7.09. The summed E-state index contributed by atoms with van der Waals surface area (Å²) >= 11 is 1.24. The van der Waals surface area contributed by atoms with Crippen LogP contribution >= 0.6 is 11.3 Å². The number of carbonyl (C=O) groups is 2. The Balaban J connectivity index is 1.52. The van der Waals surface area contributed by atoms with Crippen LogP contribution < -0.4 is 10.1 Å². The predicted octanol–water partition coefficient (Wildman–Crippen LogP) is 5.11. The van der Waals surface area contributed by atoms with Crippen LogP contribution in [0.3, 0.4) is 0 Å². The smallest absolute Gasteiger partial charge is 0.304 e. The van der Waals surface area contributed by atoms with Crippen LogP contribution in [0.4, 0.5) is 8.78 Å². The Kier molecular flexibility index (Phi) is 8.19. The Hall–Kier alpha value is -4.18. The Labute approximate surface area is 215 Å². The SMILES string of the molecule is COc1ccc(-c2cc(F)c(F)cc2-c2csc(CNC(=O)[C@@H](CC(=O)O)Cc3ccccc3)n2)cn1. The first-order chi connectivity index (χ1) is 17.8. The van der Waals surface area contributed by atoms with Crippen LogP contribution in [0.25, 0.3) is 22.4 Å². The molecule has 0 aliphatic rings. The monoisotopic (exact) mass is 523 g/mol. The summed E-state index contributed by atoms with van der Waals surface area (Å²) in [6.45, 7) is 0.0670. The number of carbonyl (C=O) groups excluding carboxylic acids is 1. The molecule has 10 heteroatoms. The first kappa shape index (κ1) is 25.9. The minimum atomic E-state index is -1.06. The van der Waals surface area contributed by atoms with Crippen molar-refractivity contribution < 1.29 is 28.2 Å². The van der Waals surface area contributed by atoms with Crippen molar-refractivity contribution >= 4 is 23.2 Å². The standard InChI is InChI=1S/C27H23F2N3O4S/c1-36-24-8-7-17(13-30-24)19-11-21(28)22(29)12-20(19)23-15-37-25(32-23)14-31-27(35)18(10-26(33)34)9-16-5-3-2-4-6-16/h2-8,11-13,15,18H,9-10,14H2,1H3,(H,31,35)(H,33,34)/t18-/m1/s1. The fourth-order valence-electron chi connectivity index (χ4n) is 3.85. The van der Waals surface area contributed by atoms with Gasteiger partial charge in [-0.25, -0.2) is 18.7 Å². The molecule has 0 saturated carbocycles. The van der Waals surface area contributed by atoms with Crippen molar-refractivity contribution in [1.82, 2.24) is 15.3 Å². The highest BCUT2D eigenvalue weighted by Crippen LogP contribution is 2.34. The molecule has 37 heavy (non-hydrogen) atoms. The number of hydrogen-bond donors (Lipinski definition) is 2. The van der Waals surface area contributed by atoms with E-state index in [-0.39, 0.29) is 19.4 Å². The van der Waals surface area contributed by atoms with Crippen molar-refractivity contribution in [3.63, 3.8) is 0 Å². The van der Waals surface area contributed by atoms with Crippen LogP contribution in [0, 0.1) is 17.6 Å². The lowest BCUT2D eigenvalue weighted by Gasteiger charge is -2.14. The molecule has 0 fully saturated rings. The van der Waals surface area contributed by atoms with Crippen LogP contribution in [-0.4, -0.2) is 34.1 Å². The number of carboxylic acids is 1. The molecule has 2 N–H and O–H groups in total. The van der Waals surface area contributed by atoms with Crippen molar-refractivity contribution in [1.29, 1.82) is 0 Å². The van der Waals surface area contributed by atoms with Crippen LogP contribution in [0.1, 0.15) is 17.0 Å². The molecule has 2 aromatic heterocycles. The Morgan fingerprint density at radius 1 is 1.08 bits per heavy atom. The molecule has 0 spiro atoms. The molecule has 0 saturated heterocycles. The summed E-state index contributed by atoms with van der Waals surface area (Å²) in [6.07, 6.45) is 1.48. The fourth-order valence-corrected chi connectivity index (χ4v) is 4.58. The number of thiazole rings is 1. The number of benzene rings is 2. The number of aliphatic carboxylic acids is 1. The molecule has 2 aromatic carbocycles. The lowest BCUT2D eigenvalue weighted by atomic mass is 9.95. The zero-order chi connectivity index (χ0) is 26.4. The van der Waals surface area contributed by atoms with Gasteiger partial charge >= 0.3 is 5.97 Å². The van der Waals surface area contributed by atoms with E-state index in [9.17, 15) is 23.5 Å². The topological polar surface area (TPSA) is 101 Å². The van der Waals surface area contributed by atoms with Gasteiger partial charge in [-0.05, 0) is 35.7 Å². The number of carboxylic acid groups (broad SMARTS) is 1. The average molecular weight is 524 g/mol. The third-order valence-corrected chi connectivity index (χ3v) is 6.52. The zero-order valence-corrected chi connectivity index (χ0v) is 20.6. The van der Waals surface area contributed by atoms with Crippen molar-refractivity contribution in [2.24, 2.45) is 5.92 Å². The summed E-state index contributed by atoms with van der Waals surface area (Å²) < 4.78 is 33.3. The normalized spacial score (nSPS) is 11.6. The lowest BCUT2D eigenvalue weighted by molar-refractivity contribution is -0.141. The number of ether oxygens (including phenoxy) is 1. The molecule has 2 heterocycles. The molecule has 1 atom stereocenters. The van der Waals surface area contributed by atoms with Crippen LogP contribution in [0.5, 0.6) is 5.88 Å². The molecule has 190 valence electrons. The Morgan fingerprint density at radius 3 is 2.46 bits per heavy atom. The van der Waals surface area contributed by atoms with E-state index in [1.807, 2.05) is 30.3 Å². The molecular weight excluding hydrogens is 500 g/mol. The van der Waals surface area contributed by atoms with Crippen LogP contribution in [0.15, 0.2) is 66.2 Å². The van der Waals surface area contributed by atoms with Crippen LogP contribution in [-0.2, 0) is 22.6 Å². The first-order valence-electron chi connectivity index (χ1n) is 11.3. The number of amides is 1. The van der Waals surface area contributed by atoms with Gasteiger partial charge < -0.3 is 15.2 Å². The molecule has 0 aliphatic carbocycles. The molecule has 0 bridgehead atoms. The molecule has 0 unspecified atom stereocenters. The summed E-state index contributed by atoms with van der Waals surface area (Å²) in [7, 11) is 1.48. The van der Waals surface area contributed by atoms with E-state index in [1.54, 1.807) is 17.5 Å². The number of hydrogen-bond acceptors (Lipinski definition) is 6. The molecular formula is C27H23F2N3O4S. The van der Waals surface area contributed by atoms with E-state index in [2.05, 4.69) is 15.3 Å². The van der Waals surface area contributed by atoms with Crippen molar-refractivity contribution in [3.8, 4) is 28.3 Å². The number of rotatable bonds is 10. The van der Waals surface area contributed by atoms with Crippen molar-refractivity contribution in [2.75, 3.05) is 7.11 Å². The highest BCUT2D eigenvalue weighted by atomic mass is 32.1. The number of halogens is 2. The third kappa shape index (κ3) is 6.53. The van der Waals surface area contributed by atoms with Gasteiger partial charge in [0.15, 0.2) is 11.6 Å². The maximum absolute atomic E-state index is 14.2. The zero-order valence-electron chi connectivity index (χ0n) is 19.8. The first-order valence-corrected chi connectivity index (χ1v) is 12.2. The van der Waals surface area contributed by atoms with Crippen molar-refractivity contribution in [2.45, 2.75) is 19.4 Å². The minimum Gasteiger partial charge on any atom is -0.481 e. The van der Waals surface area contributed by atoms with E-state index in [0.29, 0.717) is 33.3 Å². The summed E-state index contributed by atoms with van der Waals surface area (Å²) in [5, 5.41) is 14.2.